The second-order valence-electron chi connectivity index (χ2n) is 20.5. The number of nitrogens with two attached hydrogens (primary N) is 1. The number of H-pyrrole nitrogens is 1. The van der Waals surface area contributed by atoms with E-state index in [-0.39, 0.29) is 43.7 Å². The van der Waals surface area contributed by atoms with Crippen molar-refractivity contribution >= 4 is 79.9 Å². The summed E-state index contributed by atoms with van der Waals surface area (Å²) >= 11 is 0. The van der Waals surface area contributed by atoms with Crippen LogP contribution in [0.25, 0.3) is 10.9 Å². The highest BCUT2D eigenvalue weighted by Gasteiger charge is 2.36. The average Bonchev–Trinajstić information content (AvgIpc) is 3.83. The Morgan fingerprint density at radius 2 is 1.32 bits per heavy atom. The molecule has 430 valence electrons. The number of aromatic nitrogens is 1. The Bertz CT molecular complexity index is 2660. The fourth-order valence-corrected chi connectivity index (χ4v) is 10.7. The third-order valence-electron chi connectivity index (χ3n) is 12.7. The molecule has 22 nitrogen and oxygen atoms in total. The van der Waals surface area contributed by atoms with Crippen molar-refractivity contribution < 1.29 is 58.4 Å². The largest absolute Gasteiger partial charge is 0.444 e. The first-order valence-electron chi connectivity index (χ1n) is 26.3. The number of rotatable bonds is 19. The summed E-state index contributed by atoms with van der Waals surface area (Å²) in [5, 5.41) is 53.5. The summed E-state index contributed by atoms with van der Waals surface area (Å²) in [5.41, 5.74) is 8.45. The van der Waals surface area contributed by atoms with Gasteiger partial charge in [-0.3, -0.25) is 33.6 Å². The highest BCUT2D eigenvalue weighted by atomic mass is 33.1. The molecule has 0 radical (unpaired) electrons. The molecule has 0 saturated carbocycles. The quantitative estimate of drug-likeness (QED) is 0.0463. The molecule has 10 atom stereocenters. The van der Waals surface area contributed by atoms with Crippen molar-refractivity contribution in [1.29, 1.82) is 0 Å². The predicted molar refractivity (Wildman–Crippen MR) is 302 cm³/mol. The van der Waals surface area contributed by atoms with Crippen LogP contribution < -0.4 is 48.3 Å². The van der Waals surface area contributed by atoms with E-state index in [1.165, 1.54) is 13.8 Å². The van der Waals surface area contributed by atoms with Gasteiger partial charge in [-0.1, -0.05) is 113 Å². The van der Waals surface area contributed by atoms with Crippen LogP contribution in [-0.4, -0.2) is 159 Å². The number of hydrogen-bond acceptors (Lipinski definition) is 15. The van der Waals surface area contributed by atoms with Gasteiger partial charge >= 0.3 is 6.09 Å². The molecule has 0 spiro atoms. The van der Waals surface area contributed by atoms with E-state index in [1.807, 2.05) is 30.3 Å². The Morgan fingerprint density at radius 3 is 1.96 bits per heavy atom. The molecule has 0 unspecified atom stereocenters. The molecule has 5 rings (SSSR count). The molecule has 1 aliphatic heterocycles. The number of ether oxygens (including phenoxy) is 1. The Kier molecular flexibility index (Phi) is 24.9. The maximum atomic E-state index is 14.9. The van der Waals surface area contributed by atoms with Gasteiger partial charge in [0.15, 0.2) is 0 Å². The number of para-hydroxylation sites is 1. The second-order valence-corrected chi connectivity index (χ2v) is 23.0. The minimum absolute atomic E-state index is 0.0263. The number of amides is 8. The van der Waals surface area contributed by atoms with Crippen molar-refractivity contribution in [3.63, 3.8) is 0 Å². The molecule has 8 amide bonds. The fraction of sp³-hybridized carbons (Fsp3) is 0.491. The summed E-state index contributed by atoms with van der Waals surface area (Å²) in [4.78, 5) is 116. The van der Waals surface area contributed by atoms with Crippen molar-refractivity contribution in [2.45, 2.75) is 146 Å². The highest BCUT2D eigenvalue weighted by molar-refractivity contribution is 8.76. The molecule has 24 heteroatoms. The molecule has 4 aromatic rings. The van der Waals surface area contributed by atoms with Crippen LogP contribution in [0, 0.1) is 0 Å². The van der Waals surface area contributed by atoms with Gasteiger partial charge < -0.3 is 73.3 Å². The minimum Gasteiger partial charge on any atom is -0.444 e. The second kappa shape index (κ2) is 31.2. The number of carbonyl (C=O) groups excluding carboxylic acids is 8. The average molecular weight is 1130 g/mol. The van der Waals surface area contributed by atoms with Gasteiger partial charge in [-0.2, -0.15) is 0 Å². The fourth-order valence-electron chi connectivity index (χ4n) is 8.39. The molecular formula is C55H76N10O12S2. The molecule has 1 fully saturated rings. The third kappa shape index (κ3) is 20.8. The van der Waals surface area contributed by atoms with Gasteiger partial charge in [-0.05, 0) is 76.6 Å². The predicted octanol–water partition coefficient (Wildman–Crippen LogP) is 1.15. The van der Waals surface area contributed by atoms with Crippen LogP contribution >= 0.6 is 21.6 Å². The van der Waals surface area contributed by atoms with Crippen molar-refractivity contribution in [3.05, 3.63) is 108 Å². The van der Waals surface area contributed by atoms with E-state index in [0.717, 1.165) is 38.1 Å². The Labute approximate surface area is 467 Å². The normalized spacial score (nSPS) is 21.8. The summed E-state index contributed by atoms with van der Waals surface area (Å²) < 4.78 is 5.32. The van der Waals surface area contributed by atoms with Gasteiger partial charge in [-0.25, -0.2) is 4.79 Å². The number of nitrogens with one attached hydrogen (secondary N) is 9. The first kappa shape index (κ1) is 63.1. The van der Waals surface area contributed by atoms with Crippen LogP contribution in [0.2, 0.25) is 0 Å². The van der Waals surface area contributed by atoms with E-state index < -0.39 is 120 Å². The number of carbonyl (C=O) groups is 8. The van der Waals surface area contributed by atoms with E-state index in [2.05, 4.69) is 47.5 Å². The van der Waals surface area contributed by atoms with E-state index in [4.69, 9.17) is 10.5 Å². The summed E-state index contributed by atoms with van der Waals surface area (Å²) in [6.07, 6.45) is -0.593. The van der Waals surface area contributed by atoms with Crippen LogP contribution in [0.4, 0.5) is 4.79 Å². The van der Waals surface area contributed by atoms with Crippen LogP contribution in [-0.2, 0) is 57.6 Å². The minimum atomic E-state index is -1.71. The summed E-state index contributed by atoms with van der Waals surface area (Å²) in [5.74, 6) is -6.22. The monoisotopic (exact) mass is 1130 g/mol. The molecule has 2 heterocycles. The number of alkyl carbamates (subject to hydrolysis) is 1. The number of unbranched alkanes of at least 4 members (excludes halogenated alkanes) is 2. The number of aliphatic hydroxyl groups excluding tert-OH is 3. The third-order valence-corrected chi connectivity index (χ3v) is 15.2. The van der Waals surface area contributed by atoms with Crippen molar-refractivity contribution in [3.8, 4) is 0 Å². The van der Waals surface area contributed by atoms with E-state index in [9.17, 15) is 53.7 Å². The van der Waals surface area contributed by atoms with Crippen LogP contribution in [0.15, 0.2) is 91.1 Å². The summed E-state index contributed by atoms with van der Waals surface area (Å²) in [6, 6.07) is 14.2. The zero-order chi connectivity index (χ0) is 57.6. The molecule has 1 saturated heterocycles. The highest BCUT2D eigenvalue weighted by Crippen LogP contribution is 2.25. The van der Waals surface area contributed by atoms with Gasteiger partial charge in [-0.15, -0.1) is 0 Å². The van der Waals surface area contributed by atoms with Crippen molar-refractivity contribution in [1.82, 2.24) is 47.5 Å². The number of benzene rings is 3. The smallest absolute Gasteiger partial charge is 0.407 e. The Balaban J connectivity index is 1.55. The van der Waals surface area contributed by atoms with Gasteiger partial charge in [0.2, 0.25) is 41.4 Å². The lowest BCUT2D eigenvalue weighted by atomic mass is 10.0. The van der Waals surface area contributed by atoms with E-state index >= 15 is 0 Å². The molecule has 79 heavy (non-hydrogen) atoms. The van der Waals surface area contributed by atoms with Crippen LogP contribution in [0.3, 0.4) is 0 Å². The SMILES string of the molecule is C[C@@H](O)[C@@H]1NC(=O)[C@H](CCCCCNC(=O)OC(C)(C)C)NC(=O)[C@@H](Cc2c[nH]c3ccccc23)NC(=O)[C@H](Cc2ccccc2)NC(=O)[C@@H](NC(=O)[C@H](N)Cc2ccccc2)CSSC[C@@H](C(=O)N[C@H](CO)[C@@H](C)O)NC1=O. The lowest BCUT2D eigenvalue weighted by molar-refractivity contribution is -0.136. The van der Waals surface area contributed by atoms with E-state index in [0.29, 0.717) is 30.4 Å². The maximum Gasteiger partial charge on any atom is 0.407 e. The molecule has 14 N–H and O–H groups in total. The molecule has 1 aliphatic rings. The summed E-state index contributed by atoms with van der Waals surface area (Å²) in [7, 11) is 2.03. The Morgan fingerprint density at radius 1 is 0.722 bits per heavy atom. The first-order chi connectivity index (χ1) is 37.6. The lowest BCUT2D eigenvalue weighted by Gasteiger charge is -2.29. The van der Waals surface area contributed by atoms with Gasteiger partial charge in [0.25, 0.3) is 0 Å². The number of aromatic amines is 1. The number of hydrogen-bond donors (Lipinski definition) is 13. The summed E-state index contributed by atoms with van der Waals surface area (Å²) in [6.45, 7) is 7.36. The molecule has 0 aliphatic carbocycles. The van der Waals surface area contributed by atoms with Gasteiger partial charge in [0, 0.05) is 48.0 Å². The Hall–Kier alpha value is -6.70. The van der Waals surface area contributed by atoms with Crippen LogP contribution in [0.5, 0.6) is 0 Å². The lowest BCUT2D eigenvalue weighted by Crippen LogP contribution is -2.62. The standard InChI is InChI=1S/C55H76N10O12S2/c1-32(67)43(29-66)62-52(74)45-31-79-78-30-44(63-47(69)38(56)25-34-17-9-6-10-18-34)51(73)60-41(26-35-19-11-7-12-20-35)49(71)61-42(27-36-28-58-39-22-15-14-21-37(36)39)50(72)59-40(48(70)65-46(33(2)68)53(75)64-45)23-13-8-16-24-57-54(76)77-55(3,4)5/h6-7,9-12,14-15,17-22,28,32-33,38,40-46,58,66-68H,8,13,16,23-27,29-31,56H2,1-5H3,(H,57,76)(H,59,72)(H,60,73)(H,61,71)(H,62,74)(H,63,69)(H,64,75)(H,65,70)/t32-,33-,38-,40+,41+,42-,43-,44+,45+,46+/m1/s1. The first-order valence-corrected chi connectivity index (χ1v) is 28.8. The van der Waals surface area contributed by atoms with E-state index in [1.54, 1.807) is 81.6 Å². The molecular weight excluding hydrogens is 1060 g/mol. The van der Waals surface area contributed by atoms with Gasteiger partial charge in [0.1, 0.15) is 41.9 Å². The zero-order valence-electron chi connectivity index (χ0n) is 45.1. The number of aliphatic hydroxyl groups is 3. The molecule has 1 aromatic heterocycles. The van der Waals surface area contributed by atoms with Crippen LogP contribution in [0.1, 0.15) is 77.0 Å². The maximum absolute atomic E-state index is 14.9. The van der Waals surface area contributed by atoms with Gasteiger partial charge in [0.05, 0.1) is 30.9 Å². The molecule has 3 aromatic carbocycles. The molecule has 0 bridgehead atoms. The van der Waals surface area contributed by atoms with Crippen molar-refractivity contribution in [2.24, 2.45) is 5.73 Å². The zero-order valence-corrected chi connectivity index (χ0v) is 46.8. The number of fused-ring (bicyclic) bond motifs is 1. The topological polar surface area (TPSA) is 345 Å². The van der Waals surface area contributed by atoms with Crippen molar-refractivity contribution in [2.75, 3.05) is 24.7 Å².